The second-order valence-electron chi connectivity index (χ2n) is 13.2. The number of nitrogens with zero attached hydrogens (tertiary/aromatic N) is 2. The van der Waals surface area contributed by atoms with Crippen LogP contribution in [0.2, 0.25) is 0 Å². The van der Waals surface area contributed by atoms with E-state index in [1.165, 1.54) is 7.05 Å². The first-order chi connectivity index (χ1) is 27.7. The highest BCUT2D eigenvalue weighted by Crippen LogP contribution is 2.33. The summed E-state index contributed by atoms with van der Waals surface area (Å²) in [5.74, 6) is 1.43. The van der Waals surface area contributed by atoms with Gasteiger partial charge in [0.05, 0.1) is 64.9 Å². The van der Waals surface area contributed by atoms with Crippen molar-refractivity contribution < 1.29 is 42.5 Å². The number of aromatic nitrogens is 2. The van der Waals surface area contributed by atoms with Crippen molar-refractivity contribution in [2.24, 2.45) is 7.05 Å². The largest absolute Gasteiger partial charge is 0.423 e. The average molecular weight is 858 g/mol. The molecule has 5 amide bonds. The molecule has 2 aliphatic heterocycles. The second kappa shape index (κ2) is 26.6. The summed E-state index contributed by atoms with van der Waals surface area (Å²) < 4.78 is 27.8. The summed E-state index contributed by atoms with van der Waals surface area (Å²) in [7, 11) is 4.69. The lowest BCUT2D eigenvalue weighted by molar-refractivity contribution is -0.122. The monoisotopic (exact) mass is 857 g/mol. The van der Waals surface area contributed by atoms with Gasteiger partial charge in [-0.25, -0.2) is 19.4 Å². The van der Waals surface area contributed by atoms with Crippen LogP contribution in [0, 0.1) is 0 Å². The SMILES string of the molecule is Cn1c(=O)oc(=O)c2cc(CCC(=O)NCCSSCCNC(=O)CCOCCOCCOCCOCCNC(=O)CCCC[C@@H]3SC[C@@H]4NC(=O)N[C@@H]43)cnc21. The third-order valence-corrected chi connectivity index (χ3v) is 12.8. The first kappa shape index (κ1) is 46.4. The number of amides is 5. The Balaban J connectivity index is 0.827. The van der Waals surface area contributed by atoms with E-state index in [1.807, 2.05) is 11.8 Å². The number of urea groups is 1. The summed E-state index contributed by atoms with van der Waals surface area (Å²) in [6.07, 6.45) is 5.70. The van der Waals surface area contributed by atoms with E-state index in [4.69, 9.17) is 18.9 Å². The number of carbonyl (C=O) groups excluding carboxylic acids is 4. The predicted molar refractivity (Wildman–Crippen MR) is 220 cm³/mol. The van der Waals surface area contributed by atoms with E-state index in [0.717, 1.165) is 35.3 Å². The molecule has 0 saturated carbocycles. The topological polar surface area (TPSA) is 230 Å². The van der Waals surface area contributed by atoms with Crippen molar-refractivity contribution in [2.75, 3.05) is 89.7 Å². The molecular weight excluding hydrogens is 803 g/mol. The summed E-state index contributed by atoms with van der Waals surface area (Å²) in [4.78, 5) is 75.5. The lowest BCUT2D eigenvalue weighted by atomic mass is 10.0. The molecule has 57 heavy (non-hydrogen) atoms. The Labute approximate surface area is 343 Å². The van der Waals surface area contributed by atoms with Gasteiger partial charge in [0.1, 0.15) is 5.39 Å². The minimum absolute atomic E-state index is 0.0237. The third kappa shape index (κ3) is 17.6. The van der Waals surface area contributed by atoms with Crippen molar-refractivity contribution in [3.63, 3.8) is 0 Å². The number of rotatable bonds is 30. The molecule has 2 aromatic rings. The summed E-state index contributed by atoms with van der Waals surface area (Å²) in [5.41, 5.74) is 0.180. The number of carbonyl (C=O) groups is 4. The van der Waals surface area contributed by atoms with Crippen LogP contribution in [0.25, 0.3) is 11.0 Å². The number of unbranched alkanes of at least 4 members (excludes halogenated alkanes) is 1. The molecule has 4 rings (SSSR count). The molecule has 3 atom stereocenters. The molecule has 0 bridgehead atoms. The Morgan fingerprint density at radius 3 is 2.14 bits per heavy atom. The molecule has 0 aliphatic carbocycles. The number of aryl methyl sites for hydroxylation is 2. The van der Waals surface area contributed by atoms with Gasteiger partial charge in [0.15, 0.2) is 5.65 Å². The standard InChI is InChI=1S/C36H55N7O11S3/c1-43-33-26(34(47)54-36(43)49)22-25(23-40-33)6-7-30(45)38-10-20-56-57-21-11-39-31(46)8-12-50-14-16-52-18-19-53-17-15-51-13-9-37-29(44)5-3-2-4-28-32-27(24-55-28)41-35(48)42-32/h22-23,27-28,32H,2-21,24H2,1H3,(H,37,44)(H,38,45)(H,39,46)(H2,41,42,48)/t27-,28-,32-/m0/s1. The van der Waals surface area contributed by atoms with Crippen molar-refractivity contribution in [2.45, 2.75) is 62.3 Å². The quantitative estimate of drug-likeness (QED) is 0.0415. The minimum Gasteiger partial charge on any atom is -0.379 e. The van der Waals surface area contributed by atoms with Gasteiger partial charge in [-0.2, -0.15) is 11.8 Å². The molecule has 0 aromatic carbocycles. The van der Waals surface area contributed by atoms with Crippen LogP contribution in [0.1, 0.15) is 44.1 Å². The zero-order valence-electron chi connectivity index (χ0n) is 32.3. The van der Waals surface area contributed by atoms with Gasteiger partial charge < -0.3 is 49.9 Å². The molecule has 5 N–H and O–H groups in total. The van der Waals surface area contributed by atoms with Crippen LogP contribution in [0.3, 0.4) is 0 Å². The lowest BCUT2D eigenvalue weighted by Gasteiger charge is -2.16. The van der Waals surface area contributed by atoms with Crippen LogP contribution < -0.4 is 38.0 Å². The second-order valence-corrected chi connectivity index (χ2v) is 17.2. The molecule has 2 fully saturated rings. The molecule has 21 heteroatoms. The first-order valence-electron chi connectivity index (χ1n) is 19.2. The average Bonchev–Trinajstić information content (AvgIpc) is 3.76. The predicted octanol–water partition coefficient (Wildman–Crippen LogP) is 0.732. The van der Waals surface area contributed by atoms with Crippen LogP contribution in [0.5, 0.6) is 0 Å². The highest BCUT2D eigenvalue weighted by atomic mass is 33.1. The van der Waals surface area contributed by atoms with Crippen LogP contribution >= 0.6 is 33.3 Å². The van der Waals surface area contributed by atoms with Gasteiger partial charge in [0, 0.05) is 74.6 Å². The Hall–Kier alpha value is -3.34. The highest BCUT2D eigenvalue weighted by molar-refractivity contribution is 8.76. The number of thioether (sulfide) groups is 1. The molecule has 18 nitrogen and oxygen atoms in total. The van der Waals surface area contributed by atoms with Gasteiger partial charge in [0.2, 0.25) is 17.7 Å². The van der Waals surface area contributed by atoms with Gasteiger partial charge in [-0.1, -0.05) is 28.0 Å². The van der Waals surface area contributed by atoms with Crippen LogP contribution in [0.4, 0.5) is 4.79 Å². The van der Waals surface area contributed by atoms with Gasteiger partial charge in [-0.3, -0.25) is 19.0 Å². The molecule has 0 unspecified atom stereocenters. The zero-order valence-corrected chi connectivity index (χ0v) is 34.8. The number of ether oxygens (including phenoxy) is 4. The maximum atomic E-state index is 12.2. The number of nitrogens with one attached hydrogen (secondary N) is 5. The normalized spacial score (nSPS) is 17.3. The van der Waals surface area contributed by atoms with Crippen LogP contribution in [0.15, 0.2) is 26.3 Å². The van der Waals surface area contributed by atoms with E-state index < -0.39 is 11.4 Å². The molecule has 318 valence electrons. The van der Waals surface area contributed by atoms with E-state index in [-0.39, 0.29) is 59.7 Å². The molecule has 2 saturated heterocycles. The smallest absolute Gasteiger partial charge is 0.379 e. The van der Waals surface area contributed by atoms with Gasteiger partial charge in [-0.15, -0.1) is 0 Å². The van der Waals surface area contributed by atoms with Crippen molar-refractivity contribution in [3.8, 4) is 0 Å². The summed E-state index contributed by atoms with van der Waals surface area (Å²) >= 11 is 1.89. The van der Waals surface area contributed by atoms with Crippen LogP contribution in [-0.2, 0) is 46.8 Å². The van der Waals surface area contributed by atoms with Gasteiger partial charge in [0.25, 0.3) is 0 Å². The lowest BCUT2D eigenvalue weighted by Crippen LogP contribution is -2.36. The Bertz CT molecular complexity index is 1700. The van der Waals surface area contributed by atoms with E-state index in [1.54, 1.807) is 33.9 Å². The first-order valence-corrected chi connectivity index (χ1v) is 22.8. The number of hydrogen-bond acceptors (Lipinski definition) is 15. The van der Waals surface area contributed by atoms with Gasteiger partial charge >= 0.3 is 17.4 Å². The maximum absolute atomic E-state index is 12.2. The third-order valence-electron chi connectivity index (χ3n) is 8.89. The summed E-state index contributed by atoms with van der Waals surface area (Å²) in [5, 5.41) is 15.2. The van der Waals surface area contributed by atoms with Crippen molar-refractivity contribution in [1.82, 2.24) is 36.1 Å². The van der Waals surface area contributed by atoms with E-state index in [2.05, 4.69) is 36.0 Å². The fourth-order valence-electron chi connectivity index (χ4n) is 5.91. The molecule has 2 aliphatic rings. The number of pyridine rings is 1. The molecule has 2 aromatic heterocycles. The van der Waals surface area contributed by atoms with E-state index >= 15 is 0 Å². The van der Waals surface area contributed by atoms with Crippen molar-refractivity contribution >= 4 is 68.1 Å². The molecule has 0 radical (unpaired) electrons. The molecular formula is C36H55N7O11S3. The summed E-state index contributed by atoms with van der Waals surface area (Å²) in [6.45, 7) is 4.71. The minimum atomic E-state index is -0.777. The Kier molecular flexibility index (Phi) is 21.6. The number of hydrogen-bond donors (Lipinski definition) is 5. The Morgan fingerprint density at radius 1 is 0.825 bits per heavy atom. The van der Waals surface area contributed by atoms with Crippen molar-refractivity contribution in [1.29, 1.82) is 0 Å². The highest BCUT2D eigenvalue weighted by Gasteiger charge is 2.42. The summed E-state index contributed by atoms with van der Waals surface area (Å²) in [6, 6.07) is 1.96. The zero-order chi connectivity index (χ0) is 40.7. The van der Waals surface area contributed by atoms with E-state index in [9.17, 15) is 28.8 Å². The number of fused-ring (bicyclic) bond motifs is 2. The van der Waals surface area contributed by atoms with Gasteiger partial charge in [-0.05, 0) is 30.9 Å². The fraction of sp³-hybridized carbons (Fsp3) is 0.694. The van der Waals surface area contributed by atoms with Crippen molar-refractivity contribution in [3.05, 3.63) is 38.8 Å². The van der Waals surface area contributed by atoms with Crippen LogP contribution in [-0.4, -0.2) is 140 Å². The molecule has 4 heterocycles. The van der Waals surface area contributed by atoms with E-state index in [0.29, 0.717) is 102 Å². The fourth-order valence-corrected chi connectivity index (χ4v) is 9.27. The maximum Gasteiger partial charge on any atom is 0.423 e. The molecule has 0 spiro atoms. The Morgan fingerprint density at radius 2 is 1.44 bits per heavy atom.